The minimum atomic E-state index is -0.330. The molecule has 3 N–H and O–H groups in total. The summed E-state index contributed by atoms with van der Waals surface area (Å²) in [5.41, 5.74) is 0.906. The van der Waals surface area contributed by atoms with Crippen LogP contribution in [0.25, 0.3) is 10.9 Å². The summed E-state index contributed by atoms with van der Waals surface area (Å²) < 4.78 is 7.05. The molecular weight excluding hydrogens is 348 g/mol. The number of nitrogens with one attached hydrogen (secondary N) is 1. The van der Waals surface area contributed by atoms with E-state index in [0.717, 1.165) is 9.15 Å². The molecule has 0 saturated heterocycles. The van der Waals surface area contributed by atoms with Gasteiger partial charge in [-0.05, 0) is 30.3 Å². The molecule has 22 heavy (non-hydrogen) atoms. The molecule has 7 heteroatoms. The van der Waals surface area contributed by atoms with Gasteiger partial charge < -0.3 is 15.9 Å². The van der Waals surface area contributed by atoms with Gasteiger partial charge in [0.25, 0.3) is 5.56 Å². The third-order valence-electron chi connectivity index (χ3n) is 3.22. The monoisotopic (exact) mass is 360 g/mol. The lowest BCUT2D eigenvalue weighted by Crippen LogP contribution is -2.30. The lowest BCUT2D eigenvalue weighted by Gasteiger charge is -2.13. The van der Waals surface area contributed by atoms with E-state index in [4.69, 9.17) is 10.6 Å². The highest BCUT2D eigenvalue weighted by Gasteiger charge is 2.11. The standard InChI is InChI=1S/C15H13BrN4O2/c1-22-13-5-3-2-4-12(13)19-15-18-11-7-6-9(16)8-10(11)14(21)20(15)17/h2-8H,17H2,1H3,(H,18,19). The number of halogens is 1. The molecule has 0 bridgehead atoms. The summed E-state index contributed by atoms with van der Waals surface area (Å²) in [6.07, 6.45) is 0. The summed E-state index contributed by atoms with van der Waals surface area (Å²) in [5, 5.41) is 3.48. The number of anilines is 2. The van der Waals surface area contributed by atoms with Crippen LogP contribution in [0.2, 0.25) is 0 Å². The van der Waals surface area contributed by atoms with Crippen molar-refractivity contribution in [3.8, 4) is 5.75 Å². The molecule has 1 aromatic heterocycles. The smallest absolute Gasteiger partial charge is 0.281 e. The Balaban J connectivity index is 2.14. The first-order valence-electron chi connectivity index (χ1n) is 6.47. The van der Waals surface area contributed by atoms with Crippen molar-refractivity contribution >= 4 is 38.5 Å². The van der Waals surface area contributed by atoms with E-state index in [0.29, 0.717) is 22.3 Å². The van der Waals surface area contributed by atoms with Crippen molar-refractivity contribution in [3.05, 3.63) is 57.3 Å². The second kappa shape index (κ2) is 5.69. The summed E-state index contributed by atoms with van der Waals surface area (Å²) in [4.78, 5) is 16.7. The normalized spacial score (nSPS) is 10.6. The summed E-state index contributed by atoms with van der Waals surface area (Å²) in [5.74, 6) is 6.73. The van der Waals surface area contributed by atoms with E-state index < -0.39 is 0 Å². The van der Waals surface area contributed by atoms with Gasteiger partial charge in [0.1, 0.15) is 5.75 Å². The largest absolute Gasteiger partial charge is 0.495 e. The molecule has 0 spiro atoms. The Morgan fingerprint density at radius 1 is 1.27 bits per heavy atom. The highest BCUT2D eigenvalue weighted by molar-refractivity contribution is 9.10. The van der Waals surface area contributed by atoms with Crippen LogP contribution >= 0.6 is 15.9 Å². The molecule has 0 fully saturated rings. The van der Waals surface area contributed by atoms with Crippen molar-refractivity contribution in [1.82, 2.24) is 9.66 Å². The molecule has 3 rings (SSSR count). The molecule has 2 aromatic carbocycles. The maximum atomic E-state index is 12.4. The van der Waals surface area contributed by atoms with Gasteiger partial charge in [0.2, 0.25) is 5.95 Å². The van der Waals surface area contributed by atoms with Gasteiger partial charge in [0, 0.05) is 4.47 Å². The van der Waals surface area contributed by atoms with Crippen LogP contribution in [0.1, 0.15) is 0 Å². The number of ether oxygens (including phenoxy) is 1. The molecule has 3 aromatic rings. The van der Waals surface area contributed by atoms with Gasteiger partial charge in [-0.2, -0.15) is 4.68 Å². The van der Waals surface area contributed by atoms with Gasteiger partial charge in [-0.25, -0.2) is 4.98 Å². The van der Waals surface area contributed by atoms with Crippen LogP contribution in [-0.2, 0) is 0 Å². The lowest BCUT2D eigenvalue weighted by molar-refractivity contribution is 0.416. The van der Waals surface area contributed by atoms with E-state index >= 15 is 0 Å². The fourth-order valence-electron chi connectivity index (χ4n) is 2.13. The van der Waals surface area contributed by atoms with Gasteiger partial charge in [-0.1, -0.05) is 28.1 Å². The summed E-state index contributed by atoms with van der Waals surface area (Å²) in [6.45, 7) is 0. The predicted molar refractivity (Wildman–Crippen MR) is 90.1 cm³/mol. The van der Waals surface area contributed by atoms with E-state index in [1.165, 1.54) is 0 Å². The van der Waals surface area contributed by atoms with Crippen molar-refractivity contribution < 1.29 is 4.74 Å². The average molecular weight is 361 g/mol. The average Bonchev–Trinajstić information content (AvgIpc) is 2.53. The van der Waals surface area contributed by atoms with E-state index in [2.05, 4.69) is 26.2 Å². The van der Waals surface area contributed by atoms with Crippen molar-refractivity contribution in [2.45, 2.75) is 0 Å². The lowest BCUT2D eigenvalue weighted by atomic mass is 10.2. The minimum absolute atomic E-state index is 0.240. The van der Waals surface area contributed by atoms with Crippen molar-refractivity contribution in [2.75, 3.05) is 18.3 Å². The maximum absolute atomic E-state index is 12.4. The summed E-state index contributed by atoms with van der Waals surface area (Å²) in [6, 6.07) is 12.6. The topological polar surface area (TPSA) is 82.2 Å². The number of hydrogen-bond acceptors (Lipinski definition) is 5. The van der Waals surface area contributed by atoms with Crippen LogP contribution in [-0.4, -0.2) is 16.8 Å². The Hall–Kier alpha value is -2.54. The second-order valence-corrected chi connectivity index (χ2v) is 5.51. The fourth-order valence-corrected chi connectivity index (χ4v) is 2.49. The van der Waals surface area contributed by atoms with Crippen molar-refractivity contribution in [2.24, 2.45) is 0 Å². The quantitative estimate of drug-likeness (QED) is 0.701. The second-order valence-electron chi connectivity index (χ2n) is 4.60. The SMILES string of the molecule is COc1ccccc1Nc1nc2ccc(Br)cc2c(=O)n1N. The number of rotatable bonds is 3. The number of benzene rings is 2. The first kappa shape index (κ1) is 14.4. The molecule has 1 heterocycles. The zero-order chi connectivity index (χ0) is 15.7. The summed E-state index contributed by atoms with van der Waals surface area (Å²) in [7, 11) is 1.57. The zero-order valence-corrected chi connectivity index (χ0v) is 13.3. The van der Waals surface area contributed by atoms with Gasteiger partial charge in [0.05, 0.1) is 23.7 Å². The van der Waals surface area contributed by atoms with Crippen LogP contribution in [0.3, 0.4) is 0 Å². The molecule has 0 aliphatic carbocycles. The number of hydrogen-bond donors (Lipinski definition) is 2. The third kappa shape index (κ3) is 2.50. The first-order chi connectivity index (χ1) is 10.6. The minimum Gasteiger partial charge on any atom is -0.495 e. The highest BCUT2D eigenvalue weighted by Crippen LogP contribution is 2.26. The Morgan fingerprint density at radius 3 is 2.82 bits per heavy atom. The maximum Gasteiger partial charge on any atom is 0.281 e. The van der Waals surface area contributed by atoms with E-state index in [9.17, 15) is 4.79 Å². The Labute approximate surface area is 134 Å². The molecule has 0 aliphatic heterocycles. The van der Waals surface area contributed by atoms with Crippen LogP contribution in [0.5, 0.6) is 5.75 Å². The number of fused-ring (bicyclic) bond motifs is 1. The van der Waals surface area contributed by atoms with Gasteiger partial charge >= 0.3 is 0 Å². The van der Waals surface area contributed by atoms with Crippen LogP contribution < -0.4 is 21.5 Å². The van der Waals surface area contributed by atoms with Crippen molar-refractivity contribution in [1.29, 1.82) is 0 Å². The van der Waals surface area contributed by atoms with Gasteiger partial charge in [-0.15, -0.1) is 0 Å². The number of nitrogens with two attached hydrogens (primary N) is 1. The summed E-state index contributed by atoms with van der Waals surface area (Å²) >= 11 is 3.33. The molecule has 112 valence electrons. The first-order valence-corrected chi connectivity index (χ1v) is 7.27. The molecule has 0 amide bonds. The molecular formula is C15H13BrN4O2. The molecule has 0 saturated carbocycles. The Bertz CT molecular complexity index is 908. The Kier molecular flexibility index (Phi) is 3.72. The number of para-hydroxylation sites is 2. The Morgan fingerprint density at radius 2 is 2.05 bits per heavy atom. The van der Waals surface area contributed by atoms with E-state index in [1.54, 1.807) is 25.3 Å². The van der Waals surface area contributed by atoms with Gasteiger partial charge in [0.15, 0.2) is 0 Å². The fraction of sp³-hybridized carbons (Fsp3) is 0.0667. The number of nitrogens with zero attached hydrogens (tertiary/aromatic N) is 2. The highest BCUT2D eigenvalue weighted by atomic mass is 79.9. The number of methoxy groups -OCH3 is 1. The molecule has 6 nitrogen and oxygen atoms in total. The number of nitrogen functional groups attached to an aromatic ring is 1. The zero-order valence-electron chi connectivity index (χ0n) is 11.7. The van der Waals surface area contributed by atoms with Crippen LogP contribution in [0.4, 0.5) is 11.6 Å². The van der Waals surface area contributed by atoms with E-state index in [1.807, 2.05) is 24.3 Å². The van der Waals surface area contributed by atoms with E-state index in [-0.39, 0.29) is 11.5 Å². The third-order valence-corrected chi connectivity index (χ3v) is 3.71. The number of aromatic nitrogens is 2. The molecule has 0 atom stereocenters. The van der Waals surface area contributed by atoms with Crippen molar-refractivity contribution in [3.63, 3.8) is 0 Å². The van der Waals surface area contributed by atoms with Crippen LogP contribution in [0, 0.1) is 0 Å². The predicted octanol–water partition coefficient (Wildman–Crippen LogP) is 2.62. The van der Waals surface area contributed by atoms with Gasteiger partial charge in [-0.3, -0.25) is 4.79 Å². The molecule has 0 aliphatic rings. The molecule has 0 unspecified atom stereocenters. The van der Waals surface area contributed by atoms with Crippen LogP contribution in [0.15, 0.2) is 51.7 Å². The molecule has 0 radical (unpaired) electrons.